The predicted molar refractivity (Wildman–Crippen MR) is 96.8 cm³/mol. The Bertz CT molecular complexity index is 778. The number of imide groups is 1. The van der Waals surface area contributed by atoms with Crippen molar-refractivity contribution in [2.24, 2.45) is 0 Å². The molecule has 1 aromatic carbocycles. The second kappa shape index (κ2) is 6.39. The van der Waals surface area contributed by atoms with E-state index in [9.17, 15) is 14.4 Å². The molecule has 1 N–H and O–H groups in total. The number of nitrogens with one attached hydrogen (secondary N) is 1. The Morgan fingerprint density at radius 2 is 1.96 bits per heavy atom. The van der Waals surface area contributed by atoms with E-state index < -0.39 is 6.04 Å². The average Bonchev–Trinajstić information content (AvgIpc) is 2.93. The molecule has 7 heteroatoms. The molecular formula is C19H24N4O3. The summed E-state index contributed by atoms with van der Waals surface area (Å²) in [6.07, 6.45) is 0.675. The maximum atomic E-state index is 12.9. The lowest BCUT2D eigenvalue weighted by Gasteiger charge is -2.39. The van der Waals surface area contributed by atoms with Crippen LogP contribution in [0.15, 0.2) is 18.2 Å². The molecule has 138 valence electrons. The summed E-state index contributed by atoms with van der Waals surface area (Å²) in [5.41, 5.74) is 2.69. The summed E-state index contributed by atoms with van der Waals surface area (Å²) in [5, 5.41) is 2.34. The first kappa shape index (κ1) is 17.0. The third kappa shape index (κ3) is 2.86. The summed E-state index contributed by atoms with van der Waals surface area (Å²) in [5.74, 6) is -0.740. The Hall–Kier alpha value is -2.41. The van der Waals surface area contributed by atoms with Gasteiger partial charge in [-0.15, -0.1) is 0 Å². The van der Waals surface area contributed by atoms with Gasteiger partial charge in [0.05, 0.1) is 0 Å². The maximum Gasteiger partial charge on any atom is 0.255 e. The van der Waals surface area contributed by atoms with E-state index >= 15 is 0 Å². The van der Waals surface area contributed by atoms with Gasteiger partial charge in [0.2, 0.25) is 11.8 Å². The van der Waals surface area contributed by atoms with Crippen molar-refractivity contribution in [3.63, 3.8) is 0 Å². The van der Waals surface area contributed by atoms with Crippen LogP contribution in [0.25, 0.3) is 0 Å². The fourth-order valence-corrected chi connectivity index (χ4v) is 4.02. The number of rotatable bonds is 2. The molecule has 0 radical (unpaired) electrons. The van der Waals surface area contributed by atoms with Crippen molar-refractivity contribution < 1.29 is 14.4 Å². The zero-order chi connectivity index (χ0) is 18.4. The van der Waals surface area contributed by atoms with Crippen LogP contribution in [0.1, 0.15) is 35.7 Å². The first-order chi connectivity index (χ1) is 12.4. The second-order valence-electron chi connectivity index (χ2n) is 7.52. The summed E-state index contributed by atoms with van der Waals surface area (Å²) in [4.78, 5) is 42.6. The lowest BCUT2D eigenvalue weighted by atomic mass is 10.0. The molecule has 26 heavy (non-hydrogen) atoms. The summed E-state index contributed by atoms with van der Waals surface area (Å²) in [7, 11) is 2.13. The molecule has 0 aromatic heterocycles. The lowest BCUT2D eigenvalue weighted by molar-refractivity contribution is -0.136. The molecule has 0 spiro atoms. The van der Waals surface area contributed by atoms with E-state index in [0.717, 1.165) is 30.9 Å². The van der Waals surface area contributed by atoms with Gasteiger partial charge < -0.3 is 14.7 Å². The van der Waals surface area contributed by atoms with Crippen LogP contribution in [-0.2, 0) is 16.1 Å². The largest absolute Gasteiger partial charge is 0.369 e. The second-order valence-corrected chi connectivity index (χ2v) is 7.52. The third-order valence-electron chi connectivity index (χ3n) is 5.84. The van der Waals surface area contributed by atoms with Gasteiger partial charge in [-0.25, -0.2) is 0 Å². The van der Waals surface area contributed by atoms with E-state index in [1.54, 1.807) is 4.90 Å². The highest BCUT2D eigenvalue weighted by molar-refractivity contribution is 6.05. The number of piperidine rings is 1. The zero-order valence-electron chi connectivity index (χ0n) is 15.2. The van der Waals surface area contributed by atoms with Crippen LogP contribution in [0.5, 0.6) is 0 Å². The molecule has 4 rings (SSSR count). The fraction of sp³-hybridized carbons (Fsp3) is 0.526. The first-order valence-corrected chi connectivity index (χ1v) is 9.17. The van der Waals surface area contributed by atoms with Gasteiger partial charge in [0.1, 0.15) is 6.04 Å². The summed E-state index contributed by atoms with van der Waals surface area (Å²) >= 11 is 0. The van der Waals surface area contributed by atoms with E-state index in [4.69, 9.17) is 0 Å². The van der Waals surface area contributed by atoms with Crippen LogP contribution in [0.2, 0.25) is 0 Å². The third-order valence-corrected chi connectivity index (χ3v) is 5.84. The van der Waals surface area contributed by atoms with E-state index in [2.05, 4.69) is 35.2 Å². The highest BCUT2D eigenvalue weighted by Gasteiger charge is 2.39. The minimum atomic E-state index is -0.556. The van der Waals surface area contributed by atoms with Crippen molar-refractivity contribution in [3.8, 4) is 0 Å². The van der Waals surface area contributed by atoms with Gasteiger partial charge in [-0.1, -0.05) is 6.07 Å². The number of anilines is 1. The molecule has 3 amide bonds. The number of likely N-dealkylation sites (N-methyl/N-ethyl adjacent to an activating group) is 1. The Morgan fingerprint density at radius 3 is 2.69 bits per heavy atom. The Morgan fingerprint density at radius 1 is 1.15 bits per heavy atom. The van der Waals surface area contributed by atoms with Crippen LogP contribution < -0.4 is 10.2 Å². The summed E-state index contributed by atoms with van der Waals surface area (Å²) in [6.45, 7) is 5.49. The SMILES string of the molecule is CC1CN(c2ccc3c(c2)C(=O)N(C2CCC(=O)NC2=O)C3)CCN1C. The minimum absolute atomic E-state index is 0.112. The molecule has 3 heterocycles. The number of carbonyl (C=O) groups is 3. The Kier molecular flexibility index (Phi) is 4.19. The fourth-order valence-electron chi connectivity index (χ4n) is 4.02. The molecule has 0 bridgehead atoms. The van der Waals surface area contributed by atoms with Crippen LogP contribution >= 0.6 is 0 Å². The van der Waals surface area contributed by atoms with Crippen LogP contribution in [-0.4, -0.2) is 66.3 Å². The topological polar surface area (TPSA) is 73.0 Å². The molecule has 3 aliphatic rings. The smallest absolute Gasteiger partial charge is 0.255 e. The standard InChI is InChI=1S/C19H24N4O3/c1-12-10-22(8-7-21(12)2)14-4-3-13-11-23(19(26)15(13)9-14)16-5-6-17(24)20-18(16)25/h3-4,9,12,16H,5-8,10-11H2,1-2H3,(H,20,24,25). The highest BCUT2D eigenvalue weighted by Crippen LogP contribution is 2.31. The maximum absolute atomic E-state index is 12.9. The molecule has 2 fully saturated rings. The number of fused-ring (bicyclic) bond motifs is 1. The van der Waals surface area contributed by atoms with E-state index in [1.165, 1.54) is 0 Å². The van der Waals surface area contributed by atoms with Gasteiger partial charge in [0, 0.05) is 49.9 Å². The molecule has 1 aromatic rings. The van der Waals surface area contributed by atoms with Gasteiger partial charge in [0.15, 0.2) is 0 Å². The van der Waals surface area contributed by atoms with Crippen molar-refractivity contribution in [1.29, 1.82) is 0 Å². The highest BCUT2D eigenvalue weighted by atomic mass is 16.2. The molecule has 2 atom stereocenters. The van der Waals surface area contributed by atoms with E-state index in [0.29, 0.717) is 24.6 Å². The molecule has 2 saturated heterocycles. The molecule has 0 aliphatic carbocycles. The number of amides is 3. The minimum Gasteiger partial charge on any atom is -0.369 e. The average molecular weight is 356 g/mol. The van der Waals surface area contributed by atoms with Gasteiger partial charge in [0.25, 0.3) is 5.91 Å². The summed E-state index contributed by atoms with van der Waals surface area (Å²) < 4.78 is 0. The van der Waals surface area contributed by atoms with Crippen molar-refractivity contribution in [3.05, 3.63) is 29.3 Å². The van der Waals surface area contributed by atoms with Gasteiger partial charge in [-0.3, -0.25) is 19.7 Å². The predicted octanol–water partition coefficient (Wildman–Crippen LogP) is 0.588. The zero-order valence-corrected chi connectivity index (χ0v) is 15.2. The lowest BCUT2D eigenvalue weighted by Crippen LogP contribution is -2.52. The number of hydrogen-bond donors (Lipinski definition) is 1. The molecule has 2 unspecified atom stereocenters. The molecule has 0 saturated carbocycles. The number of piperazine rings is 1. The quantitative estimate of drug-likeness (QED) is 0.785. The van der Waals surface area contributed by atoms with Crippen molar-refractivity contribution in [1.82, 2.24) is 15.1 Å². The van der Waals surface area contributed by atoms with Crippen LogP contribution in [0.3, 0.4) is 0 Å². The van der Waals surface area contributed by atoms with Crippen LogP contribution in [0, 0.1) is 0 Å². The number of nitrogens with zero attached hydrogens (tertiary/aromatic N) is 3. The first-order valence-electron chi connectivity index (χ1n) is 9.17. The number of carbonyl (C=O) groups excluding carboxylic acids is 3. The molecular weight excluding hydrogens is 332 g/mol. The van der Waals surface area contributed by atoms with Gasteiger partial charge >= 0.3 is 0 Å². The van der Waals surface area contributed by atoms with E-state index in [-0.39, 0.29) is 24.1 Å². The van der Waals surface area contributed by atoms with Crippen molar-refractivity contribution in [2.75, 3.05) is 31.6 Å². The molecule has 3 aliphatic heterocycles. The summed E-state index contributed by atoms with van der Waals surface area (Å²) in [6, 6.07) is 5.93. The van der Waals surface area contributed by atoms with Crippen LogP contribution in [0.4, 0.5) is 5.69 Å². The van der Waals surface area contributed by atoms with Gasteiger partial charge in [-0.05, 0) is 38.1 Å². The molecule has 7 nitrogen and oxygen atoms in total. The Balaban J connectivity index is 1.54. The van der Waals surface area contributed by atoms with E-state index in [1.807, 2.05) is 12.1 Å². The Labute approximate surface area is 152 Å². The van der Waals surface area contributed by atoms with Crippen molar-refractivity contribution >= 4 is 23.4 Å². The number of hydrogen-bond acceptors (Lipinski definition) is 5. The number of benzene rings is 1. The normalized spacial score (nSPS) is 26.9. The monoisotopic (exact) mass is 356 g/mol. The van der Waals surface area contributed by atoms with Gasteiger partial charge in [-0.2, -0.15) is 0 Å². The van der Waals surface area contributed by atoms with Crippen molar-refractivity contribution in [2.45, 2.75) is 38.4 Å².